The Morgan fingerprint density at radius 2 is 2.15 bits per heavy atom. The Bertz CT molecular complexity index is 898. The van der Waals surface area contributed by atoms with Gasteiger partial charge in [-0.05, 0) is 54.0 Å². The number of ether oxygens (including phenoxy) is 1. The summed E-state index contributed by atoms with van der Waals surface area (Å²) in [6, 6.07) is 6.17. The van der Waals surface area contributed by atoms with Crippen LogP contribution in [0.5, 0.6) is 5.75 Å². The molecule has 2 unspecified atom stereocenters. The third kappa shape index (κ3) is 3.65. The third-order valence-corrected chi connectivity index (χ3v) is 6.90. The fourth-order valence-electron chi connectivity index (χ4n) is 3.65. The van der Waals surface area contributed by atoms with E-state index in [1.54, 1.807) is 7.11 Å². The zero-order valence-electron chi connectivity index (χ0n) is 16.0. The molecule has 0 bridgehead atoms. The zero-order chi connectivity index (χ0) is 19.0. The Labute approximate surface area is 162 Å². The van der Waals surface area contributed by atoms with Crippen LogP contribution in [0.3, 0.4) is 0 Å². The predicted molar refractivity (Wildman–Crippen MR) is 112 cm³/mol. The molecule has 3 heterocycles. The molecule has 1 aromatic rings. The van der Waals surface area contributed by atoms with Crippen molar-refractivity contribution in [2.24, 2.45) is 0 Å². The van der Waals surface area contributed by atoms with Crippen LogP contribution < -0.4 is 4.74 Å². The molecule has 1 aromatic carbocycles. The van der Waals surface area contributed by atoms with Crippen molar-refractivity contribution in [1.82, 2.24) is 9.80 Å². The van der Waals surface area contributed by atoms with Crippen LogP contribution in [0.2, 0.25) is 0 Å². The molecule has 0 aromatic heterocycles. The molecule has 0 aliphatic carbocycles. The highest BCUT2D eigenvalue weighted by Gasteiger charge is 2.29. The largest absolute Gasteiger partial charge is 0.496 e. The highest BCUT2D eigenvalue weighted by molar-refractivity contribution is 7.44. The molecule has 4 rings (SSSR count). The molecule has 5 heteroatoms. The molecule has 0 spiro atoms. The number of hydrogen-bond donors (Lipinski definition) is 0. The lowest BCUT2D eigenvalue weighted by Crippen LogP contribution is -2.36. The first-order valence-corrected chi connectivity index (χ1v) is 10.4. The standard InChI is InChI=1S/C22H25N2O2P/c1-15-4-5-17(12-19(15)26-3)18-6-7-22-24(14-18)21(25)13-20(27-22)16-8-10-23(2)11-9-16/h4-8,12-14,22,27H,9-11H2,1-3H3. The number of hydrogen-bond acceptors (Lipinski definition) is 3. The monoisotopic (exact) mass is 380 g/mol. The number of methoxy groups -OCH3 is 1. The normalized spacial score (nSPS) is 23.7. The molecule has 0 saturated carbocycles. The molecule has 2 atom stereocenters. The Morgan fingerprint density at radius 1 is 1.30 bits per heavy atom. The number of fused-ring (bicyclic) bond motifs is 1. The van der Waals surface area contributed by atoms with Gasteiger partial charge in [0.1, 0.15) is 5.75 Å². The van der Waals surface area contributed by atoms with Crippen molar-refractivity contribution >= 4 is 20.1 Å². The molecule has 3 aliphatic heterocycles. The summed E-state index contributed by atoms with van der Waals surface area (Å²) < 4.78 is 5.44. The van der Waals surface area contributed by atoms with Crippen molar-refractivity contribution < 1.29 is 9.53 Å². The van der Waals surface area contributed by atoms with Gasteiger partial charge < -0.3 is 14.5 Å². The van der Waals surface area contributed by atoms with Crippen molar-refractivity contribution in [3.8, 4) is 5.75 Å². The highest BCUT2D eigenvalue weighted by Crippen LogP contribution is 2.44. The molecule has 4 nitrogen and oxygen atoms in total. The molecule has 140 valence electrons. The van der Waals surface area contributed by atoms with Gasteiger partial charge in [-0.2, -0.15) is 0 Å². The molecule has 0 saturated heterocycles. The van der Waals surface area contributed by atoms with Crippen molar-refractivity contribution in [3.05, 3.63) is 70.7 Å². The van der Waals surface area contributed by atoms with Crippen LogP contribution in [0, 0.1) is 6.92 Å². The summed E-state index contributed by atoms with van der Waals surface area (Å²) in [6.07, 6.45) is 11.4. The average Bonchev–Trinajstić information content (AvgIpc) is 2.68. The van der Waals surface area contributed by atoms with Gasteiger partial charge in [-0.15, -0.1) is 0 Å². The van der Waals surface area contributed by atoms with Gasteiger partial charge in [-0.3, -0.25) is 4.79 Å². The molecule has 1 amide bonds. The van der Waals surface area contributed by atoms with Crippen molar-refractivity contribution in [1.29, 1.82) is 0 Å². The summed E-state index contributed by atoms with van der Waals surface area (Å²) in [4.78, 5) is 17.0. The van der Waals surface area contributed by atoms with Crippen LogP contribution >= 0.6 is 8.58 Å². The van der Waals surface area contributed by atoms with Gasteiger partial charge in [0.25, 0.3) is 5.91 Å². The van der Waals surface area contributed by atoms with E-state index in [2.05, 4.69) is 42.3 Å². The predicted octanol–water partition coefficient (Wildman–Crippen LogP) is 3.91. The van der Waals surface area contributed by atoms with Crippen LogP contribution in [0.1, 0.15) is 17.5 Å². The maximum Gasteiger partial charge on any atom is 0.252 e. The summed E-state index contributed by atoms with van der Waals surface area (Å²) in [5, 5.41) is 1.23. The second-order valence-corrected chi connectivity index (χ2v) is 8.68. The van der Waals surface area contributed by atoms with Gasteiger partial charge in [0.2, 0.25) is 0 Å². The average molecular weight is 380 g/mol. The van der Waals surface area contributed by atoms with Crippen LogP contribution in [-0.2, 0) is 4.79 Å². The zero-order valence-corrected chi connectivity index (χ0v) is 17.0. The van der Waals surface area contributed by atoms with E-state index in [4.69, 9.17) is 4.74 Å². The summed E-state index contributed by atoms with van der Waals surface area (Å²) in [5.74, 6) is 1.08. The first kappa shape index (κ1) is 18.2. The Balaban J connectivity index is 1.59. The lowest BCUT2D eigenvalue weighted by Gasteiger charge is -2.35. The van der Waals surface area contributed by atoms with Gasteiger partial charge in [-0.25, -0.2) is 0 Å². The van der Waals surface area contributed by atoms with E-state index in [9.17, 15) is 4.79 Å². The Kier molecular flexibility index (Phi) is 5.03. The van der Waals surface area contributed by atoms with Gasteiger partial charge in [-0.1, -0.05) is 38.9 Å². The number of benzene rings is 1. The van der Waals surface area contributed by atoms with Crippen LogP contribution in [0.4, 0.5) is 0 Å². The number of carbonyl (C=O) groups excluding carboxylic acids is 1. The summed E-state index contributed by atoms with van der Waals surface area (Å²) >= 11 is 0. The van der Waals surface area contributed by atoms with E-state index in [-0.39, 0.29) is 11.7 Å². The minimum atomic E-state index is 0.0782. The second kappa shape index (κ2) is 7.46. The molecular formula is C22H25N2O2P. The van der Waals surface area contributed by atoms with Crippen molar-refractivity contribution in [2.45, 2.75) is 19.1 Å². The first-order valence-electron chi connectivity index (χ1n) is 9.28. The smallest absolute Gasteiger partial charge is 0.252 e. The quantitative estimate of drug-likeness (QED) is 0.746. The molecule has 27 heavy (non-hydrogen) atoms. The topological polar surface area (TPSA) is 32.8 Å². The molecule has 0 fully saturated rings. The van der Waals surface area contributed by atoms with Gasteiger partial charge in [0.15, 0.2) is 0 Å². The number of amides is 1. The number of carbonyl (C=O) groups is 1. The van der Waals surface area contributed by atoms with Crippen LogP contribution in [-0.4, -0.2) is 48.7 Å². The van der Waals surface area contributed by atoms with Crippen LogP contribution in [0.15, 0.2) is 59.6 Å². The minimum Gasteiger partial charge on any atom is -0.496 e. The summed E-state index contributed by atoms with van der Waals surface area (Å²) in [7, 11) is 4.42. The Morgan fingerprint density at radius 3 is 2.89 bits per heavy atom. The number of aryl methyl sites for hydroxylation is 1. The minimum absolute atomic E-state index is 0.0782. The molecule has 0 radical (unpaired) electrons. The molecule has 0 N–H and O–H groups in total. The van der Waals surface area contributed by atoms with Gasteiger partial charge >= 0.3 is 0 Å². The first-order chi connectivity index (χ1) is 13.0. The lowest BCUT2D eigenvalue weighted by atomic mass is 10.0. The second-order valence-electron chi connectivity index (χ2n) is 7.26. The number of rotatable bonds is 3. The summed E-state index contributed by atoms with van der Waals surface area (Å²) in [5.41, 5.74) is 4.56. The molecule has 3 aliphatic rings. The van der Waals surface area contributed by atoms with Crippen LogP contribution in [0.25, 0.3) is 5.57 Å². The van der Waals surface area contributed by atoms with Gasteiger partial charge in [0.05, 0.1) is 12.9 Å². The number of nitrogens with zero attached hydrogens (tertiary/aromatic N) is 2. The molecular weight excluding hydrogens is 355 g/mol. The maximum atomic E-state index is 12.8. The SMILES string of the molecule is COc1cc(C2=CN3C(=O)C=C(C4=CCN(C)CC4)PC3C=C2)ccc1C. The van der Waals surface area contributed by atoms with E-state index < -0.39 is 0 Å². The van der Waals surface area contributed by atoms with E-state index in [0.717, 1.165) is 42.0 Å². The van der Waals surface area contributed by atoms with Crippen molar-refractivity contribution in [3.63, 3.8) is 0 Å². The lowest BCUT2D eigenvalue weighted by molar-refractivity contribution is -0.123. The fraction of sp³-hybridized carbons (Fsp3) is 0.318. The maximum absolute atomic E-state index is 12.8. The van der Waals surface area contributed by atoms with Crippen molar-refractivity contribution in [2.75, 3.05) is 27.2 Å². The van der Waals surface area contributed by atoms with E-state index in [1.807, 2.05) is 30.2 Å². The van der Waals surface area contributed by atoms with Gasteiger partial charge in [0, 0.05) is 25.4 Å². The number of allylic oxidation sites excluding steroid dienone is 3. The number of likely N-dealkylation sites (N-methyl/N-ethyl adjacent to an activating group) is 1. The van der Waals surface area contributed by atoms with E-state index in [0.29, 0.717) is 8.58 Å². The van der Waals surface area contributed by atoms with E-state index in [1.165, 1.54) is 10.9 Å². The Hall–Kier alpha value is -2.16. The highest BCUT2D eigenvalue weighted by atomic mass is 31.1. The fourth-order valence-corrected chi connectivity index (χ4v) is 5.12. The third-order valence-electron chi connectivity index (χ3n) is 5.36. The summed E-state index contributed by atoms with van der Waals surface area (Å²) in [6.45, 7) is 4.06. The van der Waals surface area contributed by atoms with E-state index >= 15 is 0 Å².